The van der Waals surface area contributed by atoms with Crippen LogP contribution in [0.4, 0.5) is 4.79 Å². The van der Waals surface area contributed by atoms with E-state index in [1.54, 1.807) is 4.90 Å². The molecule has 2 fully saturated rings. The van der Waals surface area contributed by atoms with Crippen LogP contribution in [0.1, 0.15) is 33.6 Å². The van der Waals surface area contributed by atoms with E-state index in [9.17, 15) is 4.79 Å². The molecule has 0 saturated carbocycles. The normalized spacial score (nSPS) is 31.6. The van der Waals surface area contributed by atoms with Crippen molar-refractivity contribution in [3.05, 3.63) is 0 Å². The highest BCUT2D eigenvalue weighted by Gasteiger charge is 2.42. The Morgan fingerprint density at radius 2 is 1.94 bits per heavy atom. The van der Waals surface area contributed by atoms with Crippen molar-refractivity contribution in [2.45, 2.75) is 45.2 Å². The molecule has 0 radical (unpaired) electrons. The first-order valence-corrected chi connectivity index (χ1v) is 6.14. The van der Waals surface area contributed by atoms with Gasteiger partial charge in [0, 0.05) is 24.7 Å². The third-order valence-corrected chi connectivity index (χ3v) is 3.97. The molecule has 0 aliphatic carbocycles. The summed E-state index contributed by atoms with van der Waals surface area (Å²) in [4.78, 5) is 15.1. The van der Waals surface area contributed by atoms with Crippen LogP contribution < -0.4 is 0 Å². The summed E-state index contributed by atoms with van der Waals surface area (Å²) in [6.07, 6.45) is 1.38. The molecule has 0 spiro atoms. The van der Waals surface area contributed by atoms with Gasteiger partial charge in [0.15, 0.2) is 0 Å². The van der Waals surface area contributed by atoms with Gasteiger partial charge in [-0.25, -0.2) is 4.79 Å². The van der Waals surface area contributed by atoms with Gasteiger partial charge in [-0.2, -0.15) is 0 Å². The summed E-state index contributed by atoms with van der Waals surface area (Å²) >= 11 is 0. The van der Waals surface area contributed by atoms with Gasteiger partial charge in [-0.15, -0.1) is 0 Å². The molecule has 0 bridgehead atoms. The Bertz CT molecular complexity index is 285. The molecule has 2 aliphatic heterocycles. The summed E-state index contributed by atoms with van der Waals surface area (Å²) < 4.78 is 0. The lowest BCUT2D eigenvalue weighted by atomic mass is 9.91. The summed E-state index contributed by atoms with van der Waals surface area (Å²) in [6.45, 7) is 9.29. The number of likely N-dealkylation sites (tertiary alicyclic amines) is 2. The maximum Gasteiger partial charge on any atom is 0.407 e. The topological polar surface area (TPSA) is 43.8 Å². The van der Waals surface area contributed by atoms with Gasteiger partial charge in [-0.3, -0.25) is 4.90 Å². The van der Waals surface area contributed by atoms with E-state index in [2.05, 4.69) is 25.7 Å². The second-order valence-corrected chi connectivity index (χ2v) is 6.00. The molecule has 0 aromatic heterocycles. The monoisotopic (exact) mass is 226 g/mol. The first-order chi connectivity index (χ1) is 7.39. The van der Waals surface area contributed by atoms with E-state index >= 15 is 0 Å². The highest BCUT2D eigenvalue weighted by Crippen LogP contribution is 2.35. The Labute approximate surface area is 97.2 Å². The molecule has 0 aromatic carbocycles. The molecule has 4 heteroatoms. The molecule has 2 saturated heterocycles. The Morgan fingerprint density at radius 1 is 1.25 bits per heavy atom. The van der Waals surface area contributed by atoms with Gasteiger partial charge in [-0.05, 0) is 46.1 Å². The lowest BCUT2D eigenvalue weighted by molar-refractivity contribution is 0.0572. The van der Waals surface area contributed by atoms with Crippen molar-refractivity contribution in [2.75, 3.05) is 19.6 Å². The lowest BCUT2D eigenvalue weighted by Gasteiger charge is -2.42. The summed E-state index contributed by atoms with van der Waals surface area (Å²) in [5, 5.41) is 9.00. The van der Waals surface area contributed by atoms with Gasteiger partial charge in [0.2, 0.25) is 0 Å². The van der Waals surface area contributed by atoms with Crippen molar-refractivity contribution >= 4 is 6.09 Å². The molecule has 2 rings (SSSR count). The molecule has 1 N–H and O–H groups in total. The van der Waals surface area contributed by atoms with Crippen molar-refractivity contribution in [3.63, 3.8) is 0 Å². The van der Waals surface area contributed by atoms with E-state index in [1.807, 2.05) is 0 Å². The molecular weight excluding hydrogens is 204 g/mol. The van der Waals surface area contributed by atoms with Crippen molar-refractivity contribution in [1.29, 1.82) is 0 Å². The van der Waals surface area contributed by atoms with Gasteiger partial charge >= 0.3 is 6.09 Å². The van der Waals surface area contributed by atoms with E-state index in [0.29, 0.717) is 18.5 Å². The molecule has 2 atom stereocenters. The van der Waals surface area contributed by atoms with E-state index in [-0.39, 0.29) is 5.54 Å². The number of hydrogen-bond acceptors (Lipinski definition) is 2. The van der Waals surface area contributed by atoms with Crippen molar-refractivity contribution in [1.82, 2.24) is 9.80 Å². The summed E-state index contributed by atoms with van der Waals surface area (Å²) in [7, 11) is 0. The van der Waals surface area contributed by atoms with Crippen LogP contribution >= 0.6 is 0 Å². The van der Waals surface area contributed by atoms with Crippen LogP contribution in [0.15, 0.2) is 0 Å². The minimum absolute atomic E-state index is 0.213. The van der Waals surface area contributed by atoms with Gasteiger partial charge in [-0.1, -0.05) is 0 Å². The number of rotatable bonds is 0. The van der Waals surface area contributed by atoms with Crippen LogP contribution in [0.25, 0.3) is 0 Å². The maximum atomic E-state index is 10.9. The average molecular weight is 226 g/mol. The van der Waals surface area contributed by atoms with Gasteiger partial charge in [0.05, 0.1) is 0 Å². The lowest BCUT2D eigenvalue weighted by Crippen LogP contribution is -2.52. The Morgan fingerprint density at radius 3 is 2.50 bits per heavy atom. The Hall–Kier alpha value is -0.770. The Balaban J connectivity index is 2.04. The Kier molecular flexibility index (Phi) is 2.86. The predicted molar refractivity (Wildman–Crippen MR) is 62.6 cm³/mol. The van der Waals surface area contributed by atoms with Crippen molar-refractivity contribution in [3.8, 4) is 0 Å². The zero-order chi connectivity index (χ0) is 11.9. The molecule has 0 aromatic rings. The number of amides is 1. The fraction of sp³-hybridized carbons (Fsp3) is 0.917. The molecule has 16 heavy (non-hydrogen) atoms. The number of fused-ring (bicyclic) bond motifs is 1. The fourth-order valence-electron chi connectivity index (χ4n) is 3.19. The average Bonchev–Trinajstić information content (AvgIpc) is 2.58. The number of carbonyl (C=O) groups is 1. The SMILES string of the molecule is CC(C)(C)N1CCC2CN(C(=O)O)CCC21. The number of nitrogens with zero attached hydrogens (tertiary/aromatic N) is 2. The summed E-state index contributed by atoms with van der Waals surface area (Å²) in [6, 6.07) is 0.593. The van der Waals surface area contributed by atoms with E-state index in [1.165, 1.54) is 0 Å². The van der Waals surface area contributed by atoms with Gasteiger partial charge in [0.1, 0.15) is 0 Å². The minimum Gasteiger partial charge on any atom is -0.465 e. The number of piperidine rings is 1. The fourth-order valence-corrected chi connectivity index (χ4v) is 3.19. The molecule has 2 heterocycles. The van der Waals surface area contributed by atoms with Crippen molar-refractivity contribution < 1.29 is 9.90 Å². The van der Waals surface area contributed by atoms with Crippen LogP contribution in [0.5, 0.6) is 0 Å². The standard InChI is InChI=1S/C12H22N2O2/c1-12(2,3)14-7-4-9-8-13(11(15)16)6-5-10(9)14/h9-10H,4-8H2,1-3H3,(H,15,16). The molecule has 2 unspecified atom stereocenters. The third kappa shape index (κ3) is 2.03. The maximum absolute atomic E-state index is 10.9. The van der Waals surface area contributed by atoms with Crippen LogP contribution in [0.3, 0.4) is 0 Å². The molecule has 92 valence electrons. The van der Waals surface area contributed by atoms with Crippen LogP contribution in [0.2, 0.25) is 0 Å². The molecule has 4 nitrogen and oxygen atoms in total. The van der Waals surface area contributed by atoms with Crippen molar-refractivity contribution in [2.24, 2.45) is 5.92 Å². The number of hydrogen-bond donors (Lipinski definition) is 1. The highest BCUT2D eigenvalue weighted by atomic mass is 16.4. The highest BCUT2D eigenvalue weighted by molar-refractivity contribution is 5.65. The smallest absolute Gasteiger partial charge is 0.407 e. The summed E-state index contributed by atoms with van der Waals surface area (Å²) in [5.41, 5.74) is 0.213. The first kappa shape index (κ1) is 11.7. The minimum atomic E-state index is -0.757. The predicted octanol–water partition coefficient (Wildman–Crippen LogP) is 1.86. The number of carboxylic acid groups (broad SMARTS) is 1. The zero-order valence-corrected chi connectivity index (χ0v) is 10.4. The largest absolute Gasteiger partial charge is 0.465 e. The van der Waals surface area contributed by atoms with Crippen LogP contribution in [0, 0.1) is 5.92 Å². The van der Waals surface area contributed by atoms with Gasteiger partial charge in [0.25, 0.3) is 0 Å². The second-order valence-electron chi connectivity index (χ2n) is 6.00. The van der Waals surface area contributed by atoms with Crippen LogP contribution in [-0.2, 0) is 0 Å². The first-order valence-electron chi connectivity index (χ1n) is 6.14. The van der Waals surface area contributed by atoms with Crippen LogP contribution in [-0.4, -0.2) is 52.2 Å². The molecular formula is C12H22N2O2. The van der Waals surface area contributed by atoms with E-state index in [4.69, 9.17) is 5.11 Å². The zero-order valence-electron chi connectivity index (χ0n) is 10.4. The molecule has 2 aliphatic rings. The quantitative estimate of drug-likeness (QED) is 0.685. The second kappa shape index (κ2) is 3.91. The van der Waals surface area contributed by atoms with E-state index < -0.39 is 6.09 Å². The van der Waals surface area contributed by atoms with E-state index in [0.717, 1.165) is 25.9 Å². The van der Waals surface area contributed by atoms with Gasteiger partial charge < -0.3 is 10.0 Å². The molecule has 1 amide bonds. The summed E-state index contributed by atoms with van der Waals surface area (Å²) in [5.74, 6) is 0.545. The third-order valence-electron chi connectivity index (χ3n) is 3.97.